The first kappa shape index (κ1) is 19.5. The van der Waals surface area contributed by atoms with Gasteiger partial charge in [-0.15, -0.1) is 0 Å². The molecule has 0 bridgehead atoms. The van der Waals surface area contributed by atoms with E-state index in [0.29, 0.717) is 25.2 Å². The van der Waals surface area contributed by atoms with Crippen LogP contribution in [0.2, 0.25) is 0 Å². The number of rotatable bonds is 5. The maximum atomic E-state index is 14.6. The Hall–Kier alpha value is -3.86. The van der Waals surface area contributed by atoms with Crippen molar-refractivity contribution in [3.8, 4) is 11.8 Å². The van der Waals surface area contributed by atoms with Gasteiger partial charge in [0.15, 0.2) is 0 Å². The van der Waals surface area contributed by atoms with Crippen LogP contribution in [0.15, 0.2) is 65.3 Å². The Labute approximate surface area is 172 Å². The number of pyridine rings is 1. The average Bonchev–Trinajstić information content (AvgIpc) is 3.23. The average molecular weight is 405 g/mol. The summed E-state index contributed by atoms with van der Waals surface area (Å²) in [5.41, 5.74) is 6.80. The molecule has 0 saturated carbocycles. The highest BCUT2D eigenvalue weighted by molar-refractivity contribution is 5.55. The van der Waals surface area contributed by atoms with Gasteiger partial charge in [0.25, 0.3) is 5.56 Å². The number of nitriles is 1. The number of imidazole rings is 1. The van der Waals surface area contributed by atoms with E-state index >= 15 is 0 Å². The van der Waals surface area contributed by atoms with Crippen LogP contribution < -0.4 is 16.0 Å². The van der Waals surface area contributed by atoms with Crippen molar-refractivity contribution in [1.82, 2.24) is 14.1 Å². The summed E-state index contributed by atoms with van der Waals surface area (Å²) in [4.78, 5) is 17.5. The van der Waals surface area contributed by atoms with Crippen molar-refractivity contribution in [3.63, 3.8) is 0 Å². The molecule has 0 amide bonds. The molecule has 1 aliphatic rings. The Morgan fingerprint density at radius 1 is 1.33 bits per heavy atom. The zero-order valence-electron chi connectivity index (χ0n) is 16.4. The third kappa shape index (κ3) is 3.35. The highest BCUT2D eigenvalue weighted by atomic mass is 19.1. The van der Waals surface area contributed by atoms with E-state index in [9.17, 15) is 14.4 Å². The monoisotopic (exact) mass is 405 g/mol. The van der Waals surface area contributed by atoms with E-state index in [1.165, 1.54) is 6.07 Å². The van der Waals surface area contributed by atoms with Crippen molar-refractivity contribution in [2.45, 2.75) is 32.4 Å². The van der Waals surface area contributed by atoms with Gasteiger partial charge >= 0.3 is 0 Å². The van der Waals surface area contributed by atoms with Gasteiger partial charge in [-0.25, -0.2) is 9.37 Å². The molecule has 0 fully saturated rings. The molecule has 1 aromatic carbocycles. The largest absolute Gasteiger partial charge is 0.440 e. The quantitative estimate of drug-likeness (QED) is 0.704. The van der Waals surface area contributed by atoms with Gasteiger partial charge in [0.1, 0.15) is 23.2 Å². The van der Waals surface area contributed by atoms with Crippen molar-refractivity contribution in [2.24, 2.45) is 5.73 Å². The standard InChI is InChI=1S/C22H20FN5O2/c1-14-11-18-20(22(29)28(14)9-4-8-27-10-7-26-13-27)19(16(12-24)21(25)30-18)15-5-2-3-6-17(15)23/h2-3,5-7,10-11,13,19H,4,8-9,25H2,1H3/t19-/m0/s1. The Kier molecular flexibility index (Phi) is 5.11. The third-order valence-electron chi connectivity index (χ3n) is 5.26. The van der Waals surface area contributed by atoms with Crippen molar-refractivity contribution >= 4 is 0 Å². The summed E-state index contributed by atoms with van der Waals surface area (Å²) >= 11 is 0. The van der Waals surface area contributed by atoms with Gasteiger partial charge in [0, 0.05) is 42.8 Å². The van der Waals surface area contributed by atoms with Crippen LogP contribution in [0.3, 0.4) is 0 Å². The van der Waals surface area contributed by atoms with Gasteiger partial charge in [-0.1, -0.05) is 18.2 Å². The smallest absolute Gasteiger partial charge is 0.258 e. The fourth-order valence-electron chi connectivity index (χ4n) is 3.81. The first-order valence-corrected chi connectivity index (χ1v) is 9.53. The van der Waals surface area contributed by atoms with Crippen LogP contribution in [0.1, 0.15) is 29.2 Å². The molecule has 1 aliphatic heterocycles. The second-order valence-electron chi connectivity index (χ2n) is 7.12. The number of nitrogens with zero attached hydrogens (tertiary/aromatic N) is 4. The van der Waals surface area contributed by atoms with Gasteiger partial charge in [-0.05, 0) is 19.4 Å². The normalized spacial score (nSPS) is 15.4. The summed E-state index contributed by atoms with van der Waals surface area (Å²) < 4.78 is 23.8. The Morgan fingerprint density at radius 3 is 2.83 bits per heavy atom. The van der Waals surface area contributed by atoms with Crippen molar-refractivity contribution in [3.05, 3.63) is 93.5 Å². The van der Waals surface area contributed by atoms with Crippen LogP contribution in [0.5, 0.6) is 5.75 Å². The molecule has 1 atom stereocenters. The molecule has 0 saturated heterocycles. The Balaban J connectivity index is 1.80. The summed E-state index contributed by atoms with van der Waals surface area (Å²) in [5, 5.41) is 9.66. The van der Waals surface area contributed by atoms with Crippen LogP contribution in [0, 0.1) is 24.1 Å². The lowest BCUT2D eigenvalue weighted by Gasteiger charge is -2.27. The molecule has 3 heterocycles. The fourth-order valence-corrected chi connectivity index (χ4v) is 3.81. The molecule has 0 aliphatic carbocycles. The number of halogens is 1. The second-order valence-corrected chi connectivity index (χ2v) is 7.12. The molecular weight excluding hydrogens is 385 g/mol. The number of nitrogens with two attached hydrogens (primary N) is 1. The molecule has 3 aromatic rings. The second kappa shape index (κ2) is 7.87. The number of fused-ring (bicyclic) bond motifs is 1. The minimum absolute atomic E-state index is 0.0264. The zero-order chi connectivity index (χ0) is 21.3. The fraction of sp³-hybridized carbons (Fsp3) is 0.227. The predicted octanol–water partition coefficient (Wildman–Crippen LogP) is 2.80. The SMILES string of the molecule is Cc1cc2c(c(=O)n1CCCn1ccnc1)[C@@H](c1ccccc1F)C(C#N)=C(N)O2. The van der Waals surface area contributed by atoms with Crippen LogP contribution in [0.4, 0.5) is 4.39 Å². The minimum Gasteiger partial charge on any atom is -0.440 e. The lowest BCUT2D eigenvalue weighted by molar-refractivity contribution is 0.386. The topological polar surface area (TPSA) is 98.9 Å². The maximum Gasteiger partial charge on any atom is 0.258 e. The number of ether oxygens (including phenoxy) is 1. The molecule has 8 heteroatoms. The van der Waals surface area contributed by atoms with Crippen molar-refractivity contribution in [2.75, 3.05) is 0 Å². The van der Waals surface area contributed by atoms with Gasteiger partial charge in [-0.2, -0.15) is 5.26 Å². The van der Waals surface area contributed by atoms with E-state index in [1.54, 1.807) is 48.3 Å². The zero-order valence-corrected chi connectivity index (χ0v) is 16.4. The Morgan fingerprint density at radius 2 is 2.13 bits per heavy atom. The van der Waals surface area contributed by atoms with E-state index in [1.807, 2.05) is 16.8 Å². The summed E-state index contributed by atoms with van der Waals surface area (Å²) in [6.45, 7) is 2.97. The minimum atomic E-state index is -0.923. The van der Waals surface area contributed by atoms with E-state index < -0.39 is 11.7 Å². The third-order valence-corrected chi connectivity index (χ3v) is 5.26. The van der Waals surface area contributed by atoms with Crippen molar-refractivity contribution in [1.29, 1.82) is 5.26 Å². The van der Waals surface area contributed by atoms with E-state index in [0.717, 1.165) is 0 Å². The molecule has 0 radical (unpaired) electrons. The van der Waals surface area contributed by atoms with Gasteiger partial charge in [-0.3, -0.25) is 4.79 Å². The van der Waals surface area contributed by atoms with E-state index in [4.69, 9.17) is 10.5 Å². The molecule has 2 aromatic heterocycles. The van der Waals surface area contributed by atoms with Crippen LogP contribution in [-0.2, 0) is 13.1 Å². The molecule has 4 rings (SSSR count). The summed E-state index contributed by atoms with van der Waals surface area (Å²) in [5.74, 6) is -1.29. The lowest BCUT2D eigenvalue weighted by atomic mass is 9.83. The first-order chi connectivity index (χ1) is 14.5. The number of aryl methyl sites for hydroxylation is 2. The summed E-state index contributed by atoms with van der Waals surface area (Å²) in [6, 6.07) is 9.79. The molecule has 7 nitrogen and oxygen atoms in total. The van der Waals surface area contributed by atoms with Gasteiger partial charge < -0.3 is 19.6 Å². The van der Waals surface area contributed by atoms with Crippen LogP contribution in [-0.4, -0.2) is 14.1 Å². The van der Waals surface area contributed by atoms with E-state index in [2.05, 4.69) is 4.98 Å². The highest BCUT2D eigenvalue weighted by Crippen LogP contribution is 2.41. The number of hydrogen-bond donors (Lipinski definition) is 1. The maximum absolute atomic E-state index is 14.6. The predicted molar refractivity (Wildman–Crippen MR) is 108 cm³/mol. The summed E-state index contributed by atoms with van der Waals surface area (Å²) in [6.07, 6.45) is 5.98. The van der Waals surface area contributed by atoms with Crippen molar-refractivity contribution < 1.29 is 9.13 Å². The van der Waals surface area contributed by atoms with Crippen LogP contribution >= 0.6 is 0 Å². The number of allylic oxidation sites excluding steroid dienone is 1. The molecular formula is C22H20FN5O2. The van der Waals surface area contributed by atoms with Gasteiger partial charge in [0.05, 0.1) is 17.8 Å². The molecule has 30 heavy (non-hydrogen) atoms. The summed E-state index contributed by atoms with van der Waals surface area (Å²) in [7, 11) is 0. The molecule has 0 spiro atoms. The first-order valence-electron chi connectivity index (χ1n) is 9.53. The molecule has 152 valence electrons. The number of benzene rings is 1. The molecule has 0 unspecified atom stereocenters. The van der Waals surface area contributed by atoms with Crippen LogP contribution in [0.25, 0.3) is 0 Å². The Bertz CT molecular complexity index is 1220. The van der Waals surface area contributed by atoms with E-state index in [-0.39, 0.29) is 33.9 Å². The number of aromatic nitrogens is 3. The number of hydrogen-bond acceptors (Lipinski definition) is 5. The highest BCUT2D eigenvalue weighted by Gasteiger charge is 2.35. The lowest BCUT2D eigenvalue weighted by Crippen LogP contribution is -2.33. The van der Waals surface area contributed by atoms with Gasteiger partial charge in [0.2, 0.25) is 5.88 Å². The molecule has 2 N–H and O–H groups in total.